The second-order valence-corrected chi connectivity index (χ2v) is 4.21. The van der Waals surface area contributed by atoms with Crippen LogP contribution in [0, 0.1) is 16.0 Å². The van der Waals surface area contributed by atoms with Crippen molar-refractivity contribution in [2.45, 2.75) is 13.8 Å². The Morgan fingerprint density at radius 1 is 1.56 bits per heavy atom. The number of nitro groups is 1. The third-order valence-corrected chi connectivity index (χ3v) is 2.09. The molecule has 7 nitrogen and oxygen atoms in total. The maximum atomic E-state index is 11.4. The standard InChI is InChI=1S/C11H16N4O3/c1-8(2)6-14-11(16)7-13-10-5-9(15(17)18)3-4-12-10/h3-5,8H,6-7H2,1-2H3,(H,12,13)(H,14,16). The molecule has 0 spiro atoms. The number of carbonyl (C=O) groups excluding carboxylic acids is 1. The van der Waals surface area contributed by atoms with E-state index in [0.717, 1.165) is 0 Å². The minimum Gasteiger partial charge on any atom is -0.361 e. The Kier molecular flexibility index (Phi) is 5.04. The van der Waals surface area contributed by atoms with Crippen molar-refractivity contribution in [2.75, 3.05) is 18.4 Å². The van der Waals surface area contributed by atoms with E-state index in [-0.39, 0.29) is 18.1 Å². The number of pyridine rings is 1. The van der Waals surface area contributed by atoms with E-state index in [0.29, 0.717) is 18.3 Å². The van der Waals surface area contributed by atoms with Gasteiger partial charge in [0, 0.05) is 18.8 Å². The van der Waals surface area contributed by atoms with Crippen LogP contribution in [0.2, 0.25) is 0 Å². The zero-order chi connectivity index (χ0) is 13.5. The molecule has 18 heavy (non-hydrogen) atoms. The predicted octanol–water partition coefficient (Wildman–Crippen LogP) is 1.17. The molecule has 0 atom stereocenters. The van der Waals surface area contributed by atoms with Crippen LogP contribution in [-0.2, 0) is 4.79 Å². The second-order valence-electron chi connectivity index (χ2n) is 4.21. The van der Waals surface area contributed by atoms with E-state index in [9.17, 15) is 14.9 Å². The largest absolute Gasteiger partial charge is 0.361 e. The summed E-state index contributed by atoms with van der Waals surface area (Å²) in [5.74, 6) is 0.519. The minimum absolute atomic E-state index is 0.0425. The quantitative estimate of drug-likeness (QED) is 0.585. The molecule has 0 bridgehead atoms. The first-order valence-electron chi connectivity index (χ1n) is 5.60. The monoisotopic (exact) mass is 252 g/mol. The van der Waals surface area contributed by atoms with E-state index in [2.05, 4.69) is 15.6 Å². The third-order valence-electron chi connectivity index (χ3n) is 2.09. The normalized spacial score (nSPS) is 10.2. The molecule has 0 aliphatic carbocycles. The number of nitrogens with one attached hydrogen (secondary N) is 2. The molecule has 7 heteroatoms. The Labute approximate surface area is 105 Å². The van der Waals surface area contributed by atoms with Gasteiger partial charge in [-0.1, -0.05) is 13.8 Å². The Balaban J connectivity index is 2.46. The summed E-state index contributed by atoms with van der Waals surface area (Å²) < 4.78 is 0. The van der Waals surface area contributed by atoms with Crippen LogP contribution in [0.4, 0.5) is 11.5 Å². The van der Waals surface area contributed by atoms with Gasteiger partial charge in [-0.2, -0.15) is 0 Å². The average Bonchev–Trinajstić information content (AvgIpc) is 2.34. The van der Waals surface area contributed by atoms with Gasteiger partial charge >= 0.3 is 0 Å². The summed E-state index contributed by atoms with van der Waals surface area (Å²) in [6, 6.07) is 2.58. The number of aromatic nitrogens is 1. The summed E-state index contributed by atoms with van der Waals surface area (Å²) in [4.78, 5) is 25.3. The Morgan fingerprint density at radius 2 is 2.28 bits per heavy atom. The lowest BCUT2D eigenvalue weighted by atomic mass is 10.2. The first kappa shape index (κ1) is 13.9. The molecule has 0 aromatic carbocycles. The van der Waals surface area contributed by atoms with Crippen molar-refractivity contribution in [1.29, 1.82) is 0 Å². The summed E-state index contributed by atoms with van der Waals surface area (Å²) in [7, 11) is 0. The SMILES string of the molecule is CC(C)CNC(=O)CNc1cc([N+](=O)[O-])ccn1. The lowest BCUT2D eigenvalue weighted by Crippen LogP contribution is -2.32. The zero-order valence-electron chi connectivity index (χ0n) is 10.3. The molecule has 0 saturated heterocycles. The molecule has 0 aliphatic rings. The summed E-state index contributed by atoms with van der Waals surface area (Å²) in [6.07, 6.45) is 1.33. The molecule has 0 radical (unpaired) electrons. The average molecular weight is 252 g/mol. The van der Waals surface area contributed by atoms with Gasteiger partial charge in [-0.05, 0) is 5.92 Å². The molecule has 1 amide bonds. The molecular formula is C11H16N4O3. The highest BCUT2D eigenvalue weighted by molar-refractivity contribution is 5.80. The summed E-state index contributed by atoms with van der Waals surface area (Å²) in [5.41, 5.74) is -0.0601. The van der Waals surface area contributed by atoms with Gasteiger partial charge < -0.3 is 10.6 Å². The van der Waals surface area contributed by atoms with Crippen molar-refractivity contribution in [3.8, 4) is 0 Å². The molecule has 1 rings (SSSR count). The molecule has 0 aliphatic heterocycles. The molecule has 0 fully saturated rings. The van der Waals surface area contributed by atoms with Crippen LogP contribution < -0.4 is 10.6 Å². The third kappa shape index (κ3) is 4.77. The lowest BCUT2D eigenvalue weighted by molar-refractivity contribution is -0.384. The highest BCUT2D eigenvalue weighted by atomic mass is 16.6. The number of carbonyl (C=O) groups is 1. The maximum absolute atomic E-state index is 11.4. The molecule has 0 unspecified atom stereocenters. The van der Waals surface area contributed by atoms with E-state index in [4.69, 9.17) is 0 Å². The molecule has 1 aromatic heterocycles. The van der Waals surface area contributed by atoms with Gasteiger partial charge in [0.2, 0.25) is 5.91 Å². The van der Waals surface area contributed by atoms with E-state index in [1.54, 1.807) is 0 Å². The lowest BCUT2D eigenvalue weighted by Gasteiger charge is -2.08. The molecular weight excluding hydrogens is 236 g/mol. The highest BCUT2D eigenvalue weighted by Crippen LogP contribution is 2.13. The summed E-state index contributed by atoms with van der Waals surface area (Å²) in [6.45, 7) is 4.63. The second kappa shape index (κ2) is 6.53. The first-order valence-corrected chi connectivity index (χ1v) is 5.60. The van der Waals surface area contributed by atoms with Gasteiger partial charge in [-0.3, -0.25) is 14.9 Å². The van der Waals surface area contributed by atoms with E-state index >= 15 is 0 Å². The molecule has 1 aromatic rings. The van der Waals surface area contributed by atoms with E-state index < -0.39 is 4.92 Å². The van der Waals surface area contributed by atoms with Crippen molar-refractivity contribution in [2.24, 2.45) is 5.92 Å². The smallest absolute Gasteiger partial charge is 0.274 e. The van der Waals surface area contributed by atoms with E-state index in [1.165, 1.54) is 18.3 Å². The fourth-order valence-electron chi connectivity index (χ4n) is 1.18. The van der Waals surface area contributed by atoms with Crippen molar-refractivity contribution >= 4 is 17.4 Å². The molecule has 98 valence electrons. The molecule has 0 saturated carbocycles. The zero-order valence-corrected chi connectivity index (χ0v) is 10.3. The summed E-state index contributed by atoms with van der Waals surface area (Å²) in [5, 5.41) is 16.0. The number of anilines is 1. The van der Waals surface area contributed by atoms with Crippen LogP contribution in [0.15, 0.2) is 18.3 Å². The van der Waals surface area contributed by atoms with Crippen LogP contribution in [0.5, 0.6) is 0 Å². The first-order chi connectivity index (χ1) is 8.49. The van der Waals surface area contributed by atoms with Gasteiger partial charge in [0.05, 0.1) is 17.5 Å². The number of nitrogens with zero attached hydrogens (tertiary/aromatic N) is 2. The number of hydrogen-bond donors (Lipinski definition) is 2. The van der Waals surface area contributed by atoms with Gasteiger partial charge in [0.25, 0.3) is 5.69 Å². The van der Waals surface area contributed by atoms with Crippen LogP contribution >= 0.6 is 0 Å². The summed E-state index contributed by atoms with van der Waals surface area (Å²) >= 11 is 0. The van der Waals surface area contributed by atoms with E-state index in [1.807, 2.05) is 13.8 Å². The Hall–Kier alpha value is -2.18. The van der Waals surface area contributed by atoms with Gasteiger partial charge in [0.1, 0.15) is 5.82 Å². The van der Waals surface area contributed by atoms with Crippen molar-refractivity contribution in [3.63, 3.8) is 0 Å². The predicted molar refractivity (Wildman–Crippen MR) is 67.2 cm³/mol. The van der Waals surface area contributed by atoms with Crippen LogP contribution in [0.3, 0.4) is 0 Å². The van der Waals surface area contributed by atoms with Crippen LogP contribution in [-0.4, -0.2) is 28.9 Å². The van der Waals surface area contributed by atoms with Crippen molar-refractivity contribution in [3.05, 3.63) is 28.4 Å². The highest BCUT2D eigenvalue weighted by Gasteiger charge is 2.07. The minimum atomic E-state index is -0.508. The van der Waals surface area contributed by atoms with Crippen molar-refractivity contribution < 1.29 is 9.72 Å². The van der Waals surface area contributed by atoms with Crippen LogP contribution in [0.1, 0.15) is 13.8 Å². The molecule has 2 N–H and O–H groups in total. The van der Waals surface area contributed by atoms with Gasteiger partial charge in [-0.15, -0.1) is 0 Å². The fourth-order valence-corrected chi connectivity index (χ4v) is 1.18. The fraction of sp³-hybridized carbons (Fsp3) is 0.455. The van der Waals surface area contributed by atoms with Gasteiger partial charge in [-0.25, -0.2) is 4.98 Å². The van der Waals surface area contributed by atoms with Crippen molar-refractivity contribution in [1.82, 2.24) is 10.3 Å². The number of rotatable bonds is 6. The Morgan fingerprint density at radius 3 is 2.89 bits per heavy atom. The Bertz CT molecular complexity index is 434. The molecule has 1 heterocycles. The number of amides is 1. The van der Waals surface area contributed by atoms with Gasteiger partial charge in [0.15, 0.2) is 0 Å². The topological polar surface area (TPSA) is 97.2 Å². The van der Waals surface area contributed by atoms with Crippen LogP contribution in [0.25, 0.3) is 0 Å². The number of hydrogen-bond acceptors (Lipinski definition) is 5. The maximum Gasteiger partial charge on any atom is 0.274 e.